The van der Waals surface area contributed by atoms with Gasteiger partial charge in [0.05, 0.1) is 5.69 Å². The molecule has 1 aliphatic rings. The fraction of sp³-hybridized carbons (Fsp3) is 0.625. The van der Waals surface area contributed by atoms with Crippen LogP contribution in [0.15, 0.2) is 6.07 Å². The van der Waals surface area contributed by atoms with E-state index in [1.54, 1.807) is 0 Å². The molecular weight excluding hydrogens is 262 g/mol. The third kappa shape index (κ3) is 2.39. The predicted molar refractivity (Wildman–Crippen MR) is 86.1 cm³/mol. The Labute approximate surface area is 126 Å². The molecule has 0 amide bonds. The second-order valence-electron chi connectivity index (χ2n) is 6.26. The van der Waals surface area contributed by atoms with Gasteiger partial charge in [-0.3, -0.25) is 0 Å². The minimum Gasteiger partial charge on any atom is -0.355 e. The highest BCUT2D eigenvalue weighted by atomic mass is 15.4. The van der Waals surface area contributed by atoms with Gasteiger partial charge < -0.3 is 9.80 Å². The van der Waals surface area contributed by atoms with Crippen LogP contribution in [0, 0.1) is 13.8 Å². The fourth-order valence-electron chi connectivity index (χ4n) is 3.04. The van der Waals surface area contributed by atoms with E-state index in [9.17, 15) is 0 Å². The quantitative estimate of drug-likeness (QED) is 0.866. The molecule has 1 saturated heterocycles. The normalized spacial score (nSPS) is 19.1. The second-order valence-corrected chi connectivity index (χ2v) is 6.26. The Morgan fingerprint density at radius 2 is 2.10 bits per heavy atom. The minimum atomic E-state index is 0.621. The van der Waals surface area contributed by atoms with Gasteiger partial charge in [0, 0.05) is 36.5 Å². The zero-order chi connectivity index (χ0) is 15.1. The number of anilines is 1. The lowest BCUT2D eigenvalue weighted by Gasteiger charge is -2.22. The lowest BCUT2D eigenvalue weighted by molar-refractivity contribution is 0.315. The molecule has 0 spiro atoms. The molecule has 0 radical (unpaired) electrons. The van der Waals surface area contributed by atoms with E-state index in [1.807, 2.05) is 4.52 Å². The Morgan fingerprint density at radius 3 is 2.71 bits per heavy atom. The summed E-state index contributed by atoms with van der Waals surface area (Å²) in [4.78, 5) is 9.53. The van der Waals surface area contributed by atoms with Crippen molar-refractivity contribution >= 4 is 11.5 Å². The van der Waals surface area contributed by atoms with Gasteiger partial charge in [0.1, 0.15) is 5.82 Å². The lowest BCUT2D eigenvalue weighted by Crippen LogP contribution is -2.32. The van der Waals surface area contributed by atoms with Crippen LogP contribution in [0.1, 0.15) is 30.3 Å². The molecule has 3 heterocycles. The number of likely N-dealkylation sites (N-methyl/N-ethyl adjacent to an activating group) is 1. The van der Waals surface area contributed by atoms with Crippen molar-refractivity contribution in [3.05, 3.63) is 23.0 Å². The van der Waals surface area contributed by atoms with Crippen LogP contribution in [-0.2, 0) is 6.42 Å². The third-order valence-electron chi connectivity index (χ3n) is 4.67. The molecule has 2 aromatic heterocycles. The highest BCUT2D eigenvalue weighted by Crippen LogP contribution is 2.25. The standard InChI is InChI=1S/C16H25N5/c1-6-13-9-15(20-8-7-14(10-20)19(4)5)21-16(17-13)11(2)12(3)18-21/h9,14H,6-8,10H2,1-5H3/t14-/m0/s1. The Bertz CT molecular complexity index is 658. The Morgan fingerprint density at radius 1 is 1.33 bits per heavy atom. The molecule has 1 atom stereocenters. The number of fused-ring (bicyclic) bond motifs is 1. The van der Waals surface area contributed by atoms with Crippen LogP contribution in [0.4, 0.5) is 5.82 Å². The average Bonchev–Trinajstić information content (AvgIpc) is 3.05. The second kappa shape index (κ2) is 5.30. The first-order chi connectivity index (χ1) is 10.0. The maximum atomic E-state index is 4.76. The van der Waals surface area contributed by atoms with Crippen LogP contribution in [-0.4, -0.2) is 52.7 Å². The highest BCUT2D eigenvalue weighted by Gasteiger charge is 2.26. The van der Waals surface area contributed by atoms with Gasteiger partial charge in [-0.1, -0.05) is 6.92 Å². The molecule has 114 valence electrons. The van der Waals surface area contributed by atoms with Crippen molar-refractivity contribution in [3.8, 4) is 0 Å². The number of hydrogen-bond acceptors (Lipinski definition) is 4. The van der Waals surface area contributed by atoms with E-state index in [4.69, 9.17) is 10.1 Å². The van der Waals surface area contributed by atoms with Gasteiger partial charge >= 0.3 is 0 Å². The molecular formula is C16H25N5. The van der Waals surface area contributed by atoms with Crippen molar-refractivity contribution < 1.29 is 0 Å². The summed E-state index contributed by atoms with van der Waals surface area (Å²) in [5.41, 5.74) is 4.42. The number of nitrogens with zero attached hydrogens (tertiary/aromatic N) is 5. The molecule has 0 bridgehead atoms. The fourth-order valence-corrected chi connectivity index (χ4v) is 3.04. The summed E-state index contributed by atoms with van der Waals surface area (Å²) in [6.45, 7) is 8.48. The molecule has 1 aliphatic heterocycles. The van der Waals surface area contributed by atoms with E-state index < -0.39 is 0 Å². The average molecular weight is 287 g/mol. The molecule has 0 unspecified atom stereocenters. The van der Waals surface area contributed by atoms with E-state index >= 15 is 0 Å². The van der Waals surface area contributed by atoms with Crippen molar-refractivity contribution in [2.75, 3.05) is 32.1 Å². The molecule has 5 heteroatoms. The Hall–Kier alpha value is -1.62. The zero-order valence-corrected chi connectivity index (χ0v) is 13.7. The Balaban J connectivity index is 2.07. The molecule has 0 aliphatic carbocycles. The SMILES string of the molecule is CCc1cc(N2CC[C@H](N(C)C)C2)n2nc(C)c(C)c2n1. The van der Waals surface area contributed by atoms with Gasteiger partial charge in [0.2, 0.25) is 0 Å². The summed E-state index contributed by atoms with van der Waals surface area (Å²) >= 11 is 0. The van der Waals surface area contributed by atoms with Crippen LogP contribution in [0.3, 0.4) is 0 Å². The smallest absolute Gasteiger partial charge is 0.160 e. The first-order valence-electron chi connectivity index (χ1n) is 7.78. The van der Waals surface area contributed by atoms with Crippen LogP contribution in [0.2, 0.25) is 0 Å². The van der Waals surface area contributed by atoms with E-state index in [1.165, 1.54) is 17.8 Å². The molecule has 0 aromatic carbocycles. The molecule has 3 rings (SSSR count). The summed E-state index contributed by atoms with van der Waals surface area (Å²) in [5, 5.41) is 4.70. The summed E-state index contributed by atoms with van der Waals surface area (Å²) in [5.74, 6) is 1.19. The molecule has 5 nitrogen and oxygen atoms in total. The van der Waals surface area contributed by atoms with Crippen molar-refractivity contribution in [1.29, 1.82) is 0 Å². The first kappa shape index (κ1) is 14.3. The number of hydrogen-bond donors (Lipinski definition) is 0. The van der Waals surface area contributed by atoms with Gasteiger partial charge in [0.25, 0.3) is 0 Å². The zero-order valence-electron chi connectivity index (χ0n) is 13.7. The van der Waals surface area contributed by atoms with Crippen LogP contribution < -0.4 is 4.90 Å². The van der Waals surface area contributed by atoms with Crippen LogP contribution >= 0.6 is 0 Å². The molecule has 21 heavy (non-hydrogen) atoms. The lowest BCUT2D eigenvalue weighted by atomic mass is 10.2. The van der Waals surface area contributed by atoms with Gasteiger partial charge in [-0.25, -0.2) is 4.98 Å². The summed E-state index contributed by atoms with van der Waals surface area (Å²) < 4.78 is 2.03. The van der Waals surface area contributed by atoms with Crippen molar-refractivity contribution in [2.24, 2.45) is 0 Å². The molecule has 1 fully saturated rings. The molecule has 0 saturated carbocycles. The predicted octanol–water partition coefficient (Wildman–Crippen LogP) is 2.05. The van der Waals surface area contributed by atoms with Crippen molar-refractivity contribution in [3.63, 3.8) is 0 Å². The number of aromatic nitrogens is 3. The van der Waals surface area contributed by atoms with Crippen molar-refractivity contribution in [2.45, 2.75) is 39.7 Å². The maximum Gasteiger partial charge on any atom is 0.160 e. The summed E-state index contributed by atoms with van der Waals surface area (Å²) in [7, 11) is 4.33. The van der Waals surface area contributed by atoms with Gasteiger partial charge in [0.15, 0.2) is 5.65 Å². The van der Waals surface area contributed by atoms with Gasteiger partial charge in [-0.05, 0) is 40.8 Å². The monoisotopic (exact) mass is 287 g/mol. The van der Waals surface area contributed by atoms with E-state index in [2.05, 4.69) is 50.7 Å². The molecule has 2 aromatic rings. The van der Waals surface area contributed by atoms with Crippen molar-refractivity contribution in [1.82, 2.24) is 19.5 Å². The number of rotatable bonds is 3. The topological polar surface area (TPSA) is 36.7 Å². The van der Waals surface area contributed by atoms with E-state index in [0.717, 1.165) is 36.5 Å². The van der Waals surface area contributed by atoms with Gasteiger partial charge in [-0.15, -0.1) is 0 Å². The van der Waals surface area contributed by atoms with E-state index in [0.29, 0.717) is 6.04 Å². The molecule has 0 N–H and O–H groups in total. The number of aryl methyl sites for hydroxylation is 3. The summed E-state index contributed by atoms with van der Waals surface area (Å²) in [6, 6.07) is 2.83. The third-order valence-corrected chi connectivity index (χ3v) is 4.67. The first-order valence-corrected chi connectivity index (χ1v) is 7.78. The largest absolute Gasteiger partial charge is 0.355 e. The highest BCUT2D eigenvalue weighted by molar-refractivity contribution is 5.57. The minimum absolute atomic E-state index is 0.621. The van der Waals surface area contributed by atoms with Crippen LogP contribution in [0.25, 0.3) is 5.65 Å². The summed E-state index contributed by atoms with van der Waals surface area (Å²) in [6.07, 6.45) is 2.16. The van der Waals surface area contributed by atoms with Crippen LogP contribution in [0.5, 0.6) is 0 Å². The van der Waals surface area contributed by atoms with Gasteiger partial charge in [-0.2, -0.15) is 9.61 Å². The maximum absolute atomic E-state index is 4.76. The van der Waals surface area contributed by atoms with E-state index in [-0.39, 0.29) is 0 Å². The Kier molecular flexibility index (Phi) is 3.61.